The number of carbonyl (C=O) groups is 2. The molecule has 2 aromatic carbocycles. The van der Waals surface area contributed by atoms with Gasteiger partial charge in [-0.25, -0.2) is 8.78 Å². The van der Waals surface area contributed by atoms with Gasteiger partial charge in [0.05, 0.1) is 23.2 Å². The van der Waals surface area contributed by atoms with Gasteiger partial charge in [-0.2, -0.15) is 21.6 Å². The lowest BCUT2D eigenvalue weighted by atomic mass is 9.86. The van der Waals surface area contributed by atoms with E-state index in [0.29, 0.717) is 16.8 Å². The summed E-state index contributed by atoms with van der Waals surface area (Å²) in [5.41, 5.74) is 2.12. The first-order chi connectivity index (χ1) is 21.5. The molecule has 2 aliphatic rings. The minimum atomic E-state index is -4.55. The Morgan fingerprint density at radius 3 is 2.13 bits per heavy atom. The Hall–Kier alpha value is -4.10. The fraction of sp³-hybridized carbons (Fsp3) is 0.333. The topological polar surface area (TPSA) is 113 Å². The maximum Gasteiger partial charge on any atom is 0.416 e. The van der Waals surface area contributed by atoms with Crippen molar-refractivity contribution in [2.75, 3.05) is 17.6 Å². The number of allylic oxidation sites excluding steroid dienone is 7. The van der Waals surface area contributed by atoms with Crippen molar-refractivity contribution < 1.29 is 44.5 Å². The Balaban J connectivity index is 1.46. The van der Waals surface area contributed by atoms with E-state index in [9.17, 15) is 40.0 Å². The first-order valence-electron chi connectivity index (χ1n) is 14.4. The van der Waals surface area contributed by atoms with E-state index in [1.54, 1.807) is 54.6 Å². The van der Waals surface area contributed by atoms with E-state index in [-0.39, 0.29) is 25.8 Å². The van der Waals surface area contributed by atoms with Crippen LogP contribution >= 0.6 is 0 Å². The van der Waals surface area contributed by atoms with Crippen molar-refractivity contribution in [2.45, 2.75) is 44.2 Å². The van der Waals surface area contributed by atoms with Crippen molar-refractivity contribution in [1.82, 2.24) is 5.32 Å². The van der Waals surface area contributed by atoms with Crippen molar-refractivity contribution >= 4 is 33.2 Å². The fourth-order valence-electron chi connectivity index (χ4n) is 5.13. The highest BCUT2D eigenvalue weighted by molar-refractivity contribution is 7.85. The zero-order valence-electron chi connectivity index (χ0n) is 24.7. The summed E-state index contributed by atoms with van der Waals surface area (Å²) in [5, 5.41) is 5.25. The molecule has 246 valence electrons. The molecule has 46 heavy (non-hydrogen) atoms. The van der Waals surface area contributed by atoms with E-state index in [1.165, 1.54) is 18.2 Å². The van der Waals surface area contributed by atoms with Crippen LogP contribution in [0.5, 0.6) is 0 Å². The van der Waals surface area contributed by atoms with Gasteiger partial charge in [-0.3, -0.25) is 14.1 Å². The maximum atomic E-state index is 13.6. The largest absolute Gasteiger partial charge is 0.416 e. The summed E-state index contributed by atoms with van der Waals surface area (Å²) in [6, 6.07) is 11.1. The predicted molar refractivity (Wildman–Crippen MR) is 164 cm³/mol. The number of carbonyl (C=O) groups excluding carboxylic acids is 2. The standard InChI is InChI=1S/C33H33F5N2O5S/c1-32(34,35)26-12-6-22(7-13-26)23-10-16-28(17-11-23)40-31(42)29(24-8-14-27(15-9-24)33(36,37)38)20-21-2-4-25(5-3-21)30(41)39-18-19-46(43,44)45/h2-4,6-12,14-17,25-26,29H,5,13,18-20H2,1H3,(H,39,41)(H,40,42)(H,43,44,45). The van der Waals surface area contributed by atoms with Crippen molar-refractivity contribution in [2.24, 2.45) is 11.8 Å². The average Bonchev–Trinajstić information content (AvgIpc) is 2.99. The molecule has 0 bridgehead atoms. The predicted octanol–water partition coefficient (Wildman–Crippen LogP) is 6.94. The van der Waals surface area contributed by atoms with E-state index >= 15 is 0 Å². The van der Waals surface area contributed by atoms with Crippen molar-refractivity contribution in [1.29, 1.82) is 0 Å². The van der Waals surface area contributed by atoms with Crippen LogP contribution in [0, 0.1) is 11.8 Å². The minimum absolute atomic E-state index is 0.115. The van der Waals surface area contributed by atoms with Crippen LogP contribution in [-0.4, -0.2) is 43.0 Å². The van der Waals surface area contributed by atoms with Gasteiger partial charge >= 0.3 is 6.18 Å². The monoisotopic (exact) mass is 664 g/mol. The molecule has 7 nitrogen and oxygen atoms in total. The third kappa shape index (κ3) is 9.70. The van der Waals surface area contributed by atoms with Crippen LogP contribution in [0.1, 0.15) is 48.8 Å². The Kier molecular flexibility index (Phi) is 10.7. The van der Waals surface area contributed by atoms with Crippen molar-refractivity contribution in [3.63, 3.8) is 0 Å². The average molecular weight is 665 g/mol. The van der Waals surface area contributed by atoms with Crippen LogP contribution in [0.4, 0.5) is 27.6 Å². The van der Waals surface area contributed by atoms with E-state index in [1.807, 2.05) is 0 Å². The van der Waals surface area contributed by atoms with Crippen LogP contribution < -0.4 is 10.6 Å². The van der Waals surface area contributed by atoms with Gasteiger partial charge in [0, 0.05) is 18.2 Å². The smallest absolute Gasteiger partial charge is 0.354 e. The highest BCUT2D eigenvalue weighted by Crippen LogP contribution is 2.35. The van der Waals surface area contributed by atoms with E-state index in [4.69, 9.17) is 4.55 Å². The molecule has 0 aromatic heterocycles. The summed E-state index contributed by atoms with van der Waals surface area (Å²) in [6.07, 6.45) is 5.81. The molecule has 4 rings (SSSR count). The Morgan fingerprint density at radius 1 is 0.935 bits per heavy atom. The highest BCUT2D eigenvalue weighted by atomic mass is 32.2. The van der Waals surface area contributed by atoms with Crippen LogP contribution in [-0.2, 0) is 25.9 Å². The number of nitrogens with one attached hydrogen (secondary N) is 2. The van der Waals surface area contributed by atoms with Gasteiger partial charge in [0.1, 0.15) is 0 Å². The summed E-state index contributed by atoms with van der Waals surface area (Å²) < 4.78 is 97.4. The number of amides is 2. The third-order valence-electron chi connectivity index (χ3n) is 7.81. The molecular weight excluding hydrogens is 631 g/mol. The Bertz CT molecular complexity index is 1660. The zero-order valence-corrected chi connectivity index (χ0v) is 25.5. The quantitative estimate of drug-likeness (QED) is 0.178. The molecule has 0 radical (unpaired) electrons. The molecular formula is C33H33F5N2O5S. The molecule has 0 saturated heterocycles. The van der Waals surface area contributed by atoms with Crippen LogP contribution in [0.15, 0.2) is 90.6 Å². The molecule has 2 aliphatic carbocycles. The van der Waals surface area contributed by atoms with Gasteiger partial charge in [0.2, 0.25) is 11.8 Å². The molecule has 3 N–H and O–H groups in total. The summed E-state index contributed by atoms with van der Waals surface area (Å²) in [7, 11) is -4.23. The third-order valence-corrected chi connectivity index (χ3v) is 8.53. The Morgan fingerprint density at radius 2 is 1.61 bits per heavy atom. The molecule has 13 heteroatoms. The number of hydrogen-bond acceptors (Lipinski definition) is 4. The van der Waals surface area contributed by atoms with Crippen LogP contribution in [0.25, 0.3) is 5.57 Å². The second-order valence-electron chi connectivity index (χ2n) is 11.3. The number of rotatable bonds is 11. The van der Waals surface area contributed by atoms with Gasteiger partial charge in [0.25, 0.3) is 16.0 Å². The van der Waals surface area contributed by atoms with Gasteiger partial charge in [-0.15, -0.1) is 0 Å². The van der Waals surface area contributed by atoms with Gasteiger partial charge in [-0.05, 0) is 67.2 Å². The lowest BCUT2D eigenvalue weighted by Gasteiger charge is -2.22. The highest BCUT2D eigenvalue weighted by Gasteiger charge is 2.33. The van der Waals surface area contributed by atoms with E-state index in [2.05, 4.69) is 10.6 Å². The first kappa shape index (κ1) is 34.8. The lowest BCUT2D eigenvalue weighted by molar-refractivity contribution is -0.137. The normalized spacial score (nSPS) is 19.2. The minimum Gasteiger partial charge on any atom is -0.354 e. The Labute approximate surface area is 263 Å². The second-order valence-corrected chi connectivity index (χ2v) is 12.9. The van der Waals surface area contributed by atoms with Crippen molar-refractivity contribution in [3.05, 3.63) is 107 Å². The number of alkyl halides is 5. The van der Waals surface area contributed by atoms with Crippen molar-refractivity contribution in [3.8, 4) is 0 Å². The SMILES string of the molecule is CC(F)(F)C1C=CC(c2ccc(NC(=O)C(CC3=CCC(C(=O)NCCS(=O)(=O)O)C=C3)c3ccc(C(F)(F)F)cc3)cc2)=CC1. The summed E-state index contributed by atoms with van der Waals surface area (Å²) in [4.78, 5) is 25.9. The fourth-order valence-corrected chi connectivity index (χ4v) is 5.49. The number of benzene rings is 2. The number of anilines is 1. The lowest BCUT2D eigenvalue weighted by Crippen LogP contribution is -2.33. The summed E-state index contributed by atoms with van der Waals surface area (Å²) >= 11 is 0. The summed E-state index contributed by atoms with van der Waals surface area (Å²) in [5.74, 6) is -6.76. The molecule has 0 aliphatic heterocycles. The zero-order chi connectivity index (χ0) is 33.7. The molecule has 0 saturated carbocycles. The van der Waals surface area contributed by atoms with E-state index < -0.39 is 63.1 Å². The molecule has 2 amide bonds. The van der Waals surface area contributed by atoms with Crippen LogP contribution in [0.3, 0.4) is 0 Å². The van der Waals surface area contributed by atoms with Gasteiger partial charge in [0.15, 0.2) is 0 Å². The van der Waals surface area contributed by atoms with Gasteiger partial charge in [-0.1, -0.05) is 66.3 Å². The first-order valence-corrected chi connectivity index (χ1v) is 16.1. The summed E-state index contributed by atoms with van der Waals surface area (Å²) in [6.45, 7) is 0.620. The van der Waals surface area contributed by atoms with Gasteiger partial charge < -0.3 is 10.6 Å². The second kappa shape index (κ2) is 14.1. The molecule has 0 fully saturated rings. The molecule has 3 atom stereocenters. The number of halogens is 5. The molecule has 0 spiro atoms. The molecule has 2 aromatic rings. The van der Waals surface area contributed by atoms with Crippen LogP contribution in [0.2, 0.25) is 0 Å². The maximum absolute atomic E-state index is 13.6. The number of hydrogen-bond donors (Lipinski definition) is 3. The van der Waals surface area contributed by atoms with E-state index in [0.717, 1.165) is 30.2 Å². The molecule has 0 heterocycles. The molecule has 3 unspecified atom stereocenters.